The maximum absolute atomic E-state index is 13.8. The molecular formula is C16H24F2N2O. The molecule has 3 nitrogen and oxygen atoms in total. The minimum Gasteiger partial charge on any atom is -0.383 e. The number of hydrogen-bond donors (Lipinski definition) is 1. The molecule has 1 aliphatic rings. The minimum atomic E-state index is -0.543. The number of rotatable bonds is 8. The molecular weight excluding hydrogens is 274 g/mol. The highest BCUT2D eigenvalue weighted by atomic mass is 19.1. The molecule has 2 rings (SSSR count). The van der Waals surface area contributed by atoms with Crippen molar-refractivity contribution in [1.82, 2.24) is 4.90 Å². The molecule has 0 heterocycles. The van der Waals surface area contributed by atoms with Crippen LogP contribution in [0, 0.1) is 17.6 Å². The summed E-state index contributed by atoms with van der Waals surface area (Å²) in [5, 5.41) is 0. The topological polar surface area (TPSA) is 38.5 Å². The summed E-state index contributed by atoms with van der Waals surface area (Å²) in [4.78, 5) is 2.22. The lowest BCUT2D eigenvalue weighted by Gasteiger charge is -2.31. The van der Waals surface area contributed by atoms with E-state index in [2.05, 4.69) is 11.8 Å². The fourth-order valence-corrected chi connectivity index (χ4v) is 2.70. The van der Waals surface area contributed by atoms with Crippen LogP contribution in [0.2, 0.25) is 0 Å². The van der Waals surface area contributed by atoms with Crippen molar-refractivity contribution in [3.05, 3.63) is 35.4 Å². The van der Waals surface area contributed by atoms with Crippen molar-refractivity contribution in [2.45, 2.75) is 31.8 Å². The van der Waals surface area contributed by atoms with Crippen molar-refractivity contribution in [3.8, 4) is 0 Å². The molecule has 2 unspecified atom stereocenters. The van der Waals surface area contributed by atoms with Crippen molar-refractivity contribution >= 4 is 0 Å². The summed E-state index contributed by atoms with van der Waals surface area (Å²) in [5.74, 6) is -0.221. The zero-order chi connectivity index (χ0) is 15.4. The Kier molecular flexibility index (Phi) is 5.67. The monoisotopic (exact) mass is 298 g/mol. The highest BCUT2D eigenvalue weighted by Gasteiger charge is 2.32. The third-order valence-corrected chi connectivity index (χ3v) is 4.25. The minimum absolute atomic E-state index is 0.236. The maximum Gasteiger partial charge on any atom is 0.128 e. The van der Waals surface area contributed by atoms with Crippen molar-refractivity contribution < 1.29 is 13.5 Å². The van der Waals surface area contributed by atoms with Gasteiger partial charge in [-0.1, -0.05) is 0 Å². The molecule has 0 aliphatic heterocycles. The predicted octanol–water partition coefficient (Wildman–Crippen LogP) is 2.71. The summed E-state index contributed by atoms with van der Waals surface area (Å²) < 4.78 is 32.2. The second-order valence-electron chi connectivity index (χ2n) is 5.84. The third-order valence-electron chi connectivity index (χ3n) is 4.25. The lowest BCUT2D eigenvalue weighted by molar-refractivity contribution is 0.111. The summed E-state index contributed by atoms with van der Waals surface area (Å²) >= 11 is 0. The molecule has 0 radical (unpaired) electrons. The van der Waals surface area contributed by atoms with Crippen LogP contribution in [-0.4, -0.2) is 37.7 Å². The van der Waals surface area contributed by atoms with Crippen LogP contribution in [0.1, 0.15) is 31.4 Å². The van der Waals surface area contributed by atoms with Crippen LogP contribution in [-0.2, 0) is 4.74 Å². The summed E-state index contributed by atoms with van der Waals surface area (Å²) in [6.45, 7) is 4.03. The van der Waals surface area contributed by atoms with Gasteiger partial charge in [0, 0.05) is 37.8 Å². The third kappa shape index (κ3) is 4.46. The fourth-order valence-electron chi connectivity index (χ4n) is 2.70. The van der Waals surface area contributed by atoms with Crippen LogP contribution in [0.15, 0.2) is 18.2 Å². The second-order valence-corrected chi connectivity index (χ2v) is 5.84. The summed E-state index contributed by atoms with van der Waals surface area (Å²) in [6, 6.07) is 3.28. The Bertz CT molecular complexity index is 466. The molecule has 1 aromatic carbocycles. The molecule has 21 heavy (non-hydrogen) atoms. The van der Waals surface area contributed by atoms with E-state index in [-0.39, 0.29) is 5.56 Å². The number of halogens is 2. The molecule has 2 atom stereocenters. The summed E-state index contributed by atoms with van der Waals surface area (Å²) in [5.41, 5.74) is 6.34. The van der Waals surface area contributed by atoms with E-state index >= 15 is 0 Å². The zero-order valence-corrected chi connectivity index (χ0v) is 12.7. The van der Waals surface area contributed by atoms with Gasteiger partial charge in [0.25, 0.3) is 0 Å². The van der Waals surface area contributed by atoms with Crippen molar-refractivity contribution in [1.29, 1.82) is 0 Å². The fraction of sp³-hybridized carbons (Fsp3) is 0.625. The molecule has 1 aromatic rings. The van der Waals surface area contributed by atoms with E-state index in [0.717, 1.165) is 18.7 Å². The van der Waals surface area contributed by atoms with Crippen molar-refractivity contribution in [2.75, 3.05) is 26.8 Å². The Morgan fingerprint density at radius 1 is 1.38 bits per heavy atom. The van der Waals surface area contributed by atoms with Crippen LogP contribution in [0.5, 0.6) is 0 Å². The van der Waals surface area contributed by atoms with Gasteiger partial charge in [0.05, 0.1) is 6.61 Å². The number of nitrogens with zero attached hydrogens (tertiary/aromatic N) is 1. The Hall–Kier alpha value is -1.04. The van der Waals surface area contributed by atoms with E-state index < -0.39 is 17.7 Å². The van der Waals surface area contributed by atoms with E-state index in [0.29, 0.717) is 25.1 Å². The van der Waals surface area contributed by atoms with Crippen molar-refractivity contribution in [2.24, 2.45) is 11.7 Å². The van der Waals surface area contributed by atoms with Crippen LogP contribution in [0.25, 0.3) is 0 Å². The van der Waals surface area contributed by atoms with Gasteiger partial charge >= 0.3 is 0 Å². The van der Waals surface area contributed by atoms with Gasteiger partial charge < -0.3 is 10.5 Å². The average Bonchev–Trinajstić information content (AvgIpc) is 3.29. The number of hydrogen-bond acceptors (Lipinski definition) is 3. The molecule has 2 N–H and O–H groups in total. The Labute approximate surface area is 125 Å². The van der Waals surface area contributed by atoms with Crippen LogP contribution in [0.4, 0.5) is 8.78 Å². The smallest absolute Gasteiger partial charge is 0.128 e. The molecule has 0 aromatic heterocycles. The first-order valence-corrected chi connectivity index (χ1v) is 7.46. The molecule has 5 heteroatoms. The molecule has 118 valence electrons. The molecule has 1 fully saturated rings. The van der Waals surface area contributed by atoms with Gasteiger partial charge in [0.1, 0.15) is 11.6 Å². The standard InChI is InChI=1S/C16H24F2N2O/c1-11(12-3-4-12)20(7-8-21-2)10-16(19)14-9-13(17)5-6-15(14)18/h5-6,9,11-12,16H,3-4,7-8,10,19H2,1-2H3. The molecule has 1 aliphatic carbocycles. The van der Waals surface area contributed by atoms with Gasteiger partial charge in [0.2, 0.25) is 0 Å². The number of ether oxygens (including phenoxy) is 1. The maximum atomic E-state index is 13.8. The van der Waals surface area contributed by atoms with E-state index in [4.69, 9.17) is 10.5 Å². The Morgan fingerprint density at radius 2 is 2.10 bits per heavy atom. The largest absolute Gasteiger partial charge is 0.383 e. The first-order valence-electron chi connectivity index (χ1n) is 7.46. The van der Waals surface area contributed by atoms with E-state index in [9.17, 15) is 8.78 Å². The molecule has 0 amide bonds. The highest BCUT2D eigenvalue weighted by Crippen LogP contribution is 2.35. The SMILES string of the molecule is COCCN(CC(N)c1cc(F)ccc1F)C(C)C1CC1. The van der Waals surface area contributed by atoms with Gasteiger partial charge in [0.15, 0.2) is 0 Å². The Morgan fingerprint density at radius 3 is 2.71 bits per heavy atom. The van der Waals surface area contributed by atoms with Crippen LogP contribution >= 0.6 is 0 Å². The van der Waals surface area contributed by atoms with Crippen LogP contribution < -0.4 is 5.73 Å². The first-order chi connectivity index (χ1) is 10.0. The highest BCUT2D eigenvalue weighted by molar-refractivity contribution is 5.22. The summed E-state index contributed by atoms with van der Waals surface area (Å²) in [6.07, 6.45) is 2.46. The van der Waals surface area contributed by atoms with E-state index in [1.54, 1.807) is 7.11 Å². The summed E-state index contributed by atoms with van der Waals surface area (Å²) in [7, 11) is 1.66. The van der Waals surface area contributed by atoms with Crippen LogP contribution in [0.3, 0.4) is 0 Å². The molecule has 0 bridgehead atoms. The molecule has 0 saturated heterocycles. The normalized spacial score (nSPS) is 18.0. The lowest BCUT2D eigenvalue weighted by atomic mass is 10.0. The van der Waals surface area contributed by atoms with Gasteiger partial charge in [-0.15, -0.1) is 0 Å². The van der Waals surface area contributed by atoms with Gasteiger partial charge in [-0.25, -0.2) is 8.78 Å². The van der Waals surface area contributed by atoms with Crippen molar-refractivity contribution in [3.63, 3.8) is 0 Å². The zero-order valence-electron chi connectivity index (χ0n) is 12.7. The van der Waals surface area contributed by atoms with Gasteiger partial charge in [-0.3, -0.25) is 4.90 Å². The predicted molar refractivity (Wildman–Crippen MR) is 78.9 cm³/mol. The lowest BCUT2D eigenvalue weighted by Crippen LogP contribution is -2.41. The quantitative estimate of drug-likeness (QED) is 0.802. The molecule has 1 saturated carbocycles. The first kappa shape index (κ1) is 16.3. The number of nitrogens with two attached hydrogens (primary N) is 1. The number of methoxy groups -OCH3 is 1. The van der Waals surface area contributed by atoms with E-state index in [1.807, 2.05) is 0 Å². The molecule has 0 spiro atoms. The second kappa shape index (κ2) is 7.29. The number of benzene rings is 1. The van der Waals surface area contributed by atoms with E-state index in [1.165, 1.54) is 18.9 Å². The van der Waals surface area contributed by atoms with Gasteiger partial charge in [-0.2, -0.15) is 0 Å². The van der Waals surface area contributed by atoms with Gasteiger partial charge in [-0.05, 0) is 43.9 Å². The average molecular weight is 298 g/mol. The Balaban J connectivity index is 2.05.